The van der Waals surface area contributed by atoms with Crippen LogP contribution in [0.2, 0.25) is 0 Å². The molecule has 0 spiro atoms. The molecule has 0 aliphatic carbocycles. The van der Waals surface area contributed by atoms with Crippen LogP contribution in [-0.4, -0.2) is 25.5 Å². The number of hydrogen-bond acceptors (Lipinski definition) is 3. The summed E-state index contributed by atoms with van der Waals surface area (Å²) in [6.07, 6.45) is 0. The van der Waals surface area contributed by atoms with E-state index in [-0.39, 0.29) is 5.85 Å². The number of nitrogens with one attached hydrogen (secondary N) is 2. The summed E-state index contributed by atoms with van der Waals surface area (Å²) in [5.74, 6) is -0.292. The average Bonchev–Trinajstić information content (AvgIpc) is 2.13. The van der Waals surface area contributed by atoms with Gasteiger partial charge in [0.15, 0.2) is 5.85 Å². The lowest BCUT2D eigenvalue weighted by molar-refractivity contribution is -0.0165. The molecule has 0 saturated carbocycles. The van der Waals surface area contributed by atoms with Crippen molar-refractivity contribution in [3.63, 3.8) is 0 Å². The normalized spacial score (nSPS) is 43.7. The van der Waals surface area contributed by atoms with Gasteiger partial charge in [0, 0.05) is 6.04 Å². The van der Waals surface area contributed by atoms with E-state index < -0.39 is 0 Å². The third-order valence-corrected chi connectivity index (χ3v) is 1.62. The van der Waals surface area contributed by atoms with Gasteiger partial charge in [0.25, 0.3) is 0 Å². The fourth-order valence-electron chi connectivity index (χ4n) is 0.990. The second kappa shape index (κ2) is 2.25. The molecule has 54 valence electrons. The van der Waals surface area contributed by atoms with Gasteiger partial charge in [-0.3, -0.25) is 10.6 Å². The van der Waals surface area contributed by atoms with E-state index in [0.717, 1.165) is 6.61 Å². The Balaban J connectivity index is 2.45. The molecular formula is C6H14N2O. The van der Waals surface area contributed by atoms with Crippen LogP contribution in [0.5, 0.6) is 0 Å². The molecule has 1 saturated heterocycles. The Morgan fingerprint density at radius 1 is 1.78 bits per heavy atom. The van der Waals surface area contributed by atoms with Crippen molar-refractivity contribution < 1.29 is 4.74 Å². The van der Waals surface area contributed by atoms with Crippen LogP contribution in [0.3, 0.4) is 0 Å². The van der Waals surface area contributed by atoms with Gasteiger partial charge < -0.3 is 4.74 Å². The van der Waals surface area contributed by atoms with Crippen LogP contribution < -0.4 is 10.6 Å². The Morgan fingerprint density at radius 2 is 2.44 bits per heavy atom. The van der Waals surface area contributed by atoms with Gasteiger partial charge in [-0.15, -0.1) is 0 Å². The smallest absolute Gasteiger partial charge is 0.171 e. The van der Waals surface area contributed by atoms with Crippen molar-refractivity contribution in [2.24, 2.45) is 0 Å². The van der Waals surface area contributed by atoms with Gasteiger partial charge in [-0.05, 0) is 20.9 Å². The summed E-state index contributed by atoms with van der Waals surface area (Å²) in [6.45, 7) is 4.87. The molecule has 2 atom stereocenters. The van der Waals surface area contributed by atoms with E-state index >= 15 is 0 Å². The molecule has 1 fully saturated rings. The average molecular weight is 130 g/mol. The zero-order chi connectivity index (χ0) is 6.91. The monoisotopic (exact) mass is 130 g/mol. The third kappa shape index (κ3) is 1.41. The van der Waals surface area contributed by atoms with E-state index in [2.05, 4.69) is 17.6 Å². The first-order valence-electron chi connectivity index (χ1n) is 3.27. The molecule has 0 bridgehead atoms. The summed E-state index contributed by atoms with van der Waals surface area (Å²) in [5.41, 5.74) is 0. The predicted octanol–water partition coefficient (Wildman–Crippen LogP) is -0.112. The fourth-order valence-corrected chi connectivity index (χ4v) is 0.990. The van der Waals surface area contributed by atoms with Gasteiger partial charge in [-0.25, -0.2) is 0 Å². The van der Waals surface area contributed by atoms with Crippen molar-refractivity contribution >= 4 is 0 Å². The first kappa shape index (κ1) is 6.99. The zero-order valence-electron chi connectivity index (χ0n) is 6.19. The van der Waals surface area contributed by atoms with Gasteiger partial charge in [-0.2, -0.15) is 0 Å². The van der Waals surface area contributed by atoms with Crippen LogP contribution in [0, 0.1) is 0 Å². The van der Waals surface area contributed by atoms with Crippen molar-refractivity contribution in [2.45, 2.75) is 25.7 Å². The lowest BCUT2D eigenvalue weighted by atomic mass is 10.4. The summed E-state index contributed by atoms with van der Waals surface area (Å²) in [6, 6.07) is 0.461. The summed E-state index contributed by atoms with van der Waals surface area (Å²) in [7, 11) is 1.88. The lowest BCUT2D eigenvalue weighted by Crippen LogP contribution is -2.51. The maximum absolute atomic E-state index is 5.38. The van der Waals surface area contributed by atoms with E-state index in [4.69, 9.17) is 4.74 Å². The highest BCUT2D eigenvalue weighted by Crippen LogP contribution is 2.10. The maximum atomic E-state index is 5.38. The Labute approximate surface area is 55.8 Å². The molecular weight excluding hydrogens is 116 g/mol. The topological polar surface area (TPSA) is 33.3 Å². The van der Waals surface area contributed by atoms with Crippen LogP contribution in [0.25, 0.3) is 0 Å². The molecule has 1 rings (SSSR count). The van der Waals surface area contributed by atoms with Crippen LogP contribution in [0.1, 0.15) is 13.8 Å². The Kier molecular flexibility index (Phi) is 1.75. The molecule has 0 aromatic rings. The molecule has 0 radical (unpaired) electrons. The molecule has 0 amide bonds. The largest absolute Gasteiger partial charge is 0.346 e. The second-order valence-corrected chi connectivity index (χ2v) is 2.64. The first-order chi connectivity index (χ1) is 4.16. The van der Waals surface area contributed by atoms with Gasteiger partial charge in [0.05, 0.1) is 6.61 Å². The van der Waals surface area contributed by atoms with E-state index in [9.17, 15) is 0 Å². The quantitative estimate of drug-likeness (QED) is 0.519. The van der Waals surface area contributed by atoms with Crippen LogP contribution in [0.4, 0.5) is 0 Å². The standard InChI is InChI=1S/C6H14N2O/c1-5-4-9-6(2,7-3)8-5/h5,7-8H,4H2,1-3H3. The minimum absolute atomic E-state index is 0.292. The van der Waals surface area contributed by atoms with Crippen molar-refractivity contribution in [2.75, 3.05) is 13.7 Å². The van der Waals surface area contributed by atoms with E-state index in [1.165, 1.54) is 0 Å². The highest BCUT2D eigenvalue weighted by atomic mass is 16.5. The molecule has 3 nitrogen and oxygen atoms in total. The lowest BCUT2D eigenvalue weighted by Gasteiger charge is -2.22. The summed E-state index contributed by atoms with van der Waals surface area (Å²) < 4.78 is 5.38. The number of rotatable bonds is 1. The molecule has 9 heavy (non-hydrogen) atoms. The summed E-state index contributed by atoms with van der Waals surface area (Å²) in [4.78, 5) is 0. The Morgan fingerprint density at radius 3 is 2.67 bits per heavy atom. The Hall–Kier alpha value is -0.120. The van der Waals surface area contributed by atoms with Crippen LogP contribution >= 0.6 is 0 Å². The van der Waals surface area contributed by atoms with Crippen molar-refractivity contribution in [1.82, 2.24) is 10.6 Å². The van der Waals surface area contributed by atoms with E-state index in [0.29, 0.717) is 6.04 Å². The van der Waals surface area contributed by atoms with E-state index in [1.807, 2.05) is 14.0 Å². The molecule has 1 heterocycles. The number of hydrogen-bond donors (Lipinski definition) is 2. The van der Waals surface area contributed by atoms with Crippen LogP contribution in [0.15, 0.2) is 0 Å². The summed E-state index contributed by atoms with van der Waals surface area (Å²) in [5, 5.41) is 6.28. The molecule has 1 aliphatic rings. The fraction of sp³-hybridized carbons (Fsp3) is 1.00. The minimum Gasteiger partial charge on any atom is -0.346 e. The van der Waals surface area contributed by atoms with Crippen molar-refractivity contribution in [1.29, 1.82) is 0 Å². The molecule has 2 unspecified atom stereocenters. The van der Waals surface area contributed by atoms with E-state index in [1.54, 1.807) is 0 Å². The molecule has 2 N–H and O–H groups in total. The molecule has 1 aliphatic heterocycles. The minimum atomic E-state index is -0.292. The third-order valence-electron chi connectivity index (χ3n) is 1.62. The highest BCUT2D eigenvalue weighted by molar-refractivity contribution is 4.78. The predicted molar refractivity (Wildman–Crippen MR) is 36.0 cm³/mol. The van der Waals surface area contributed by atoms with Gasteiger partial charge >= 0.3 is 0 Å². The van der Waals surface area contributed by atoms with Crippen LogP contribution in [-0.2, 0) is 4.74 Å². The zero-order valence-corrected chi connectivity index (χ0v) is 6.19. The Bertz CT molecular complexity index is 107. The molecule has 0 aromatic carbocycles. The van der Waals surface area contributed by atoms with Gasteiger partial charge in [0.2, 0.25) is 0 Å². The number of ether oxygens (including phenoxy) is 1. The SMILES string of the molecule is CNC1(C)NC(C)CO1. The van der Waals surface area contributed by atoms with Gasteiger partial charge in [0.1, 0.15) is 0 Å². The molecule has 0 aromatic heterocycles. The maximum Gasteiger partial charge on any atom is 0.171 e. The second-order valence-electron chi connectivity index (χ2n) is 2.64. The molecule has 3 heteroatoms. The first-order valence-corrected chi connectivity index (χ1v) is 3.27. The van der Waals surface area contributed by atoms with Crippen molar-refractivity contribution in [3.05, 3.63) is 0 Å². The summed E-state index contributed by atoms with van der Waals surface area (Å²) >= 11 is 0. The van der Waals surface area contributed by atoms with Gasteiger partial charge in [-0.1, -0.05) is 0 Å². The highest BCUT2D eigenvalue weighted by Gasteiger charge is 2.30. The van der Waals surface area contributed by atoms with Crippen molar-refractivity contribution in [3.8, 4) is 0 Å².